The molecule has 2 N–H and O–H groups in total. The van der Waals surface area contributed by atoms with Crippen molar-refractivity contribution in [2.45, 2.75) is 31.5 Å². The lowest BCUT2D eigenvalue weighted by Crippen LogP contribution is -2.54. The van der Waals surface area contributed by atoms with Crippen LogP contribution in [0.15, 0.2) is 29.6 Å². The van der Waals surface area contributed by atoms with Gasteiger partial charge >= 0.3 is 0 Å². The third kappa shape index (κ3) is 3.51. The molecule has 1 saturated heterocycles. The molecule has 0 aliphatic carbocycles. The van der Waals surface area contributed by atoms with Crippen LogP contribution in [-0.2, 0) is 9.84 Å². The lowest BCUT2D eigenvalue weighted by atomic mass is 9.79. The van der Waals surface area contributed by atoms with Gasteiger partial charge in [-0.1, -0.05) is 19.9 Å². The molecule has 0 radical (unpaired) electrons. The second-order valence-electron chi connectivity index (χ2n) is 7.08. The van der Waals surface area contributed by atoms with E-state index in [-0.39, 0.29) is 40.6 Å². The Kier molecular flexibility index (Phi) is 5.18. The number of hydrogen-bond donors (Lipinski definition) is 1. The molecule has 0 saturated carbocycles. The predicted molar refractivity (Wildman–Crippen MR) is 97.8 cm³/mol. The SMILES string of the molecule is CC1(C)CN(C(=O)c2nc(S(C)(=O)=O)n3ccccc23)CCC1N.Cl. The highest BCUT2D eigenvalue weighted by atomic mass is 35.5. The highest BCUT2D eigenvalue weighted by molar-refractivity contribution is 7.90. The number of nitrogens with two attached hydrogens (primary N) is 1. The number of aromatic nitrogens is 2. The maximum absolute atomic E-state index is 13.0. The monoisotopic (exact) mass is 386 g/mol. The summed E-state index contributed by atoms with van der Waals surface area (Å²) >= 11 is 0. The Labute approximate surface area is 153 Å². The molecule has 3 rings (SSSR count). The van der Waals surface area contributed by atoms with Crippen molar-refractivity contribution in [3.8, 4) is 0 Å². The number of rotatable bonds is 2. The summed E-state index contributed by atoms with van der Waals surface area (Å²) in [6.07, 6.45) is 3.40. The van der Waals surface area contributed by atoms with E-state index in [0.29, 0.717) is 25.0 Å². The van der Waals surface area contributed by atoms with E-state index in [1.54, 1.807) is 29.3 Å². The lowest BCUT2D eigenvalue weighted by molar-refractivity contribution is 0.0529. The van der Waals surface area contributed by atoms with Gasteiger partial charge in [0.1, 0.15) is 0 Å². The fourth-order valence-electron chi connectivity index (χ4n) is 3.13. The number of likely N-dealkylation sites (tertiary alicyclic amines) is 1. The molecule has 0 bridgehead atoms. The van der Waals surface area contributed by atoms with Crippen LogP contribution in [0.2, 0.25) is 0 Å². The minimum atomic E-state index is -3.54. The Morgan fingerprint density at radius 2 is 2.04 bits per heavy atom. The third-order valence-electron chi connectivity index (χ3n) is 4.65. The minimum absolute atomic E-state index is 0. The molecule has 0 spiro atoms. The van der Waals surface area contributed by atoms with Gasteiger partial charge in [-0.15, -0.1) is 12.4 Å². The van der Waals surface area contributed by atoms with E-state index in [0.717, 1.165) is 6.26 Å². The van der Waals surface area contributed by atoms with Crippen LogP contribution in [0, 0.1) is 5.41 Å². The van der Waals surface area contributed by atoms with Crippen LogP contribution in [0.4, 0.5) is 0 Å². The number of sulfone groups is 1. The maximum Gasteiger partial charge on any atom is 0.274 e. The first-order chi connectivity index (χ1) is 11.1. The van der Waals surface area contributed by atoms with Crippen LogP contribution in [0.1, 0.15) is 30.8 Å². The zero-order valence-corrected chi connectivity index (χ0v) is 16.1. The van der Waals surface area contributed by atoms with Crippen molar-refractivity contribution in [1.82, 2.24) is 14.3 Å². The number of carbonyl (C=O) groups excluding carboxylic acids is 1. The summed E-state index contributed by atoms with van der Waals surface area (Å²) in [5, 5.41) is -0.116. The number of pyridine rings is 1. The average molecular weight is 387 g/mol. The summed E-state index contributed by atoms with van der Waals surface area (Å²) in [6, 6.07) is 5.21. The van der Waals surface area contributed by atoms with Crippen molar-refractivity contribution >= 4 is 33.7 Å². The molecule has 1 aliphatic heterocycles. The normalized spacial score (nSPS) is 20.3. The van der Waals surface area contributed by atoms with Gasteiger partial charge in [-0.05, 0) is 24.0 Å². The summed E-state index contributed by atoms with van der Waals surface area (Å²) < 4.78 is 25.4. The second-order valence-corrected chi connectivity index (χ2v) is 8.99. The molecule has 7 nitrogen and oxygen atoms in total. The predicted octanol–water partition coefficient (Wildman–Crippen LogP) is 1.36. The van der Waals surface area contributed by atoms with Gasteiger partial charge in [0.05, 0.1) is 5.52 Å². The fraction of sp³-hybridized carbons (Fsp3) is 0.500. The highest BCUT2D eigenvalue weighted by Gasteiger charge is 2.37. The molecule has 1 fully saturated rings. The fourth-order valence-corrected chi connectivity index (χ4v) is 3.90. The molecule has 25 heavy (non-hydrogen) atoms. The number of imidazole rings is 1. The van der Waals surface area contributed by atoms with Gasteiger partial charge in [0, 0.05) is 31.6 Å². The standard InChI is InChI=1S/C16H22N4O3S.ClH/c1-16(2)10-19(9-7-12(16)17)14(21)13-11-6-4-5-8-20(11)15(18-13)24(3,22)23;/h4-6,8,12H,7,9-10,17H2,1-3H3;1H. The summed E-state index contributed by atoms with van der Waals surface area (Å²) in [7, 11) is -3.54. The summed E-state index contributed by atoms with van der Waals surface area (Å²) in [6.45, 7) is 5.13. The summed E-state index contributed by atoms with van der Waals surface area (Å²) in [4.78, 5) is 18.8. The van der Waals surface area contributed by atoms with Gasteiger partial charge < -0.3 is 10.6 Å². The zero-order valence-electron chi connectivity index (χ0n) is 14.5. The van der Waals surface area contributed by atoms with Gasteiger partial charge in [0.15, 0.2) is 5.69 Å². The molecule has 1 amide bonds. The quantitative estimate of drug-likeness (QED) is 0.840. The molecular weight excluding hydrogens is 364 g/mol. The molecule has 2 aromatic rings. The van der Waals surface area contributed by atoms with Crippen LogP contribution < -0.4 is 5.73 Å². The van der Waals surface area contributed by atoms with Gasteiger partial charge in [0.2, 0.25) is 15.0 Å². The van der Waals surface area contributed by atoms with Gasteiger partial charge in [-0.2, -0.15) is 0 Å². The number of nitrogens with zero attached hydrogens (tertiary/aromatic N) is 3. The van der Waals surface area contributed by atoms with Gasteiger partial charge in [-0.25, -0.2) is 13.4 Å². The van der Waals surface area contributed by atoms with Gasteiger partial charge in [0.25, 0.3) is 5.91 Å². The van der Waals surface area contributed by atoms with E-state index < -0.39 is 9.84 Å². The van der Waals surface area contributed by atoms with Crippen LogP contribution in [0.5, 0.6) is 0 Å². The first-order valence-corrected chi connectivity index (χ1v) is 9.72. The lowest BCUT2D eigenvalue weighted by Gasteiger charge is -2.42. The number of halogens is 1. The molecule has 138 valence electrons. The Balaban J connectivity index is 0.00000225. The molecule has 9 heteroatoms. The smallest absolute Gasteiger partial charge is 0.274 e. The molecule has 2 aromatic heterocycles. The Bertz CT molecular complexity index is 907. The number of hydrogen-bond acceptors (Lipinski definition) is 5. The summed E-state index contributed by atoms with van der Waals surface area (Å²) in [5.74, 6) is -0.256. The van der Waals surface area contributed by atoms with Crippen molar-refractivity contribution < 1.29 is 13.2 Å². The van der Waals surface area contributed by atoms with E-state index in [4.69, 9.17) is 5.73 Å². The van der Waals surface area contributed by atoms with E-state index in [9.17, 15) is 13.2 Å². The van der Waals surface area contributed by atoms with Crippen LogP contribution in [-0.4, -0.2) is 54.0 Å². The Hall–Kier alpha value is -1.64. The molecule has 1 unspecified atom stereocenters. The molecule has 1 atom stereocenters. The van der Waals surface area contributed by atoms with Crippen molar-refractivity contribution in [3.63, 3.8) is 0 Å². The largest absolute Gasteiger partial charge is 0.337 e. The zero-order chi connectivity index (χ0) is 17.7. The van der Waals surface area contributed by atoms with E-state index in [2.05, 4.69) is 4.98 Å². The first-order valence-electron chi connectivity index (χ1n) is 7.83. The molecular formula is C16H23ClN4O3S. The Morgan fingerprint density at radius 1 is 1.36 bits per heavy atom. The van der Waals surface area contributed by atoms with E-state index >= 15 is 0 Å². The third-order valence-corrected chi connectivity index (χ3v) is 5.60. The average Bonchev–Trinajstić information content (AvgIpc) is 2.89. The van der Waals surface area contributed by atoms with E-state index in [1.165, 1.54) is 4.40 Å². The van der Waals surface area contributed by atoms with Crippen LogP contribution in [0.25, 0.3) is 5.52 Å². The summed E-state index contributed by atoms with van der Waals surface area (Å²) in [5.41, 5.74) is 6.60. The maximum atomic E-state index is 13.0. The molecule has 3 heterocycles. The van der Waals surface area contributed by atoms with Crippen LogP contribution in [0.3, 0.4) is 0 Å². The highest BCUT2D eigenvalue weighted by Crippen LogP contribution is 2.29. The van der Waals surface area contributed by atoms with Crippen molar-refractivity contribution in [3.05, 3.63) is 30.1 Å². The number of piperidine rings is 1. The van der Waals surface area contributed by atoms with E-state index in [1.807, 2.05) is 13.8 Å². The first kappa shape index (κ1) is 19.7. The van der Waals surface area contributed by atoms with Gasteiger partial charge in [-0.3, -0.25) is 9.20 Å². The van der Waals surface area contributed by atoms with Crippen molar-refractivity contribution in [2.24, 2.45) is 11.1 Å². The van der Waals surface area contributed by atoms with Crippen molar-refractivity contribution in [2.75, 3.05) is 19.3 Å². The molecule has 1 aliphatic rings. The number of fused-ring (bicyclic) bond motifs is 1. The number of carbonyl (C=O) groups is 1. The van der Waals surface area contributed by atoms with Crippen molar-refractivity contribution in [1.29, 1.82) is 0 Å². The van der Waals surface area contributed by atoms with Crippen LogP contribution >= 0.6 is 12.4 Å². The second kappa shape index (κ2) is 6.59. The molecule has 0 aromatic carbocycles. The number of amides is 1. The Morgan fingerprint density at radius 3 is 2.64 bits per heavy atom. The topological polar surface area (TPSA) is 97.8 Å². The minimum Gasteiger partial charge on any atom is -0.337 e.